The molecule has 0 spiro atoms. The van der Waals surface area contributed by atoms with Gasteiger partial charge in [-0.2, -0.15) is 0 Å². The number of hydrogen-bond acceptors (Lipinski definition) is 4. The van der Waals surface area contributed by atoms with Gasteiger partial charge in [-0.05, 0) is 68.3 Å². The van der Waals surface area contributed by atoms with Gasteiger partial charge in [0.05, 0.1) is 7.11 Å². The smallest absolute Gasteiger partial charge is 0.161 e. The van der Waals surface area contributed by atoms with Gasteiger partial charge in [0.1, 0.15) is 19.0 Å². The van der Waals surface area contributed by atoms with Crippen LogP contribution in [0.5, 0.6) is 17.2 Å². The maximum Gasteiger partial charge on any atom is 0.161 e. The van der Waals surface area contributed by atoms with Gasteiger partial charge in [0, 0.05) is 6.54 Å². The second-order valence-electron chi connectivity index (χ2n) is 5.92. The molecule has 2 aromatic rings. The van der Waals surface area contributed by atoms with Crippen molar-refractivity contribution in [3.63, 3.8) is 0 Å². The summed E-state index contributed by atoms with van der Waals surface area (Å²) >= 11 is 0. The van der Waals surface area contributed by atoms with Gasteiger partial charge < -0.3 is 19.5 Å². The fourth-order valence-corrected chi connectivity index (χ4v) is 2.60. The Kier molecular flexibility index (Phi) is 6.50. The van der Waals surface area contributed by atoms with Crippen LogP contribution < -0.4 is 19.5 Å². The van der Waals surface area contributed by atoms with E-state index in [-0.39, 0.29) is 0 Å². The topological polar surface area (TPSA) is 39.7 Å². The predicted octanol–water partition coefficient (Wildman–Crippen LogP) is 3.80. The molecule has 0 radical (unpaired) electrons. The molecule has 1 N–H and O–H groups in total. The highest BCUT2D eigenvalue weighted by Crippen LogP contribution is 2.28. The fourth-order valence-electron chi connectivity index (χ4n) is 2.60. The molecule has 0 saturated carbocycles. The quantitative estimate of drug-likeness (QED) is 0.748. The molecule has 0 aliphatic heterocycles. The van der Waals surface area contributed by atoms with Gasteiger partial charge in [0.25, 0.3) is 0 Å². The summed E-state index contributed by atoms with van der Waals surface area (Å²) in [5.74, 6) is 2.40. The lowest BCUT2D eigenvalue weighted by atomic mass is 10.1. The Labute approximate surface area is 144 Å². The van der Waals surface area contributed by atoms with E-state index in [9.17, 15) is 0 Å². The van der Waals surface area contributed by atoms with Crippen LogP contribution in [0, 0.1) is 20.8 Å². The first-order valence-corrected chi connectivity index (χ1v) is 8.20. The molecule has 4 nitrogen and oxygen atoms in total. The number of benzene rings is 2. The Morgan fingerprint density at radius 1 is 0.875 bits per heavy atom. The summed E-state index contributed by atoms with van der Waals surface area (Å²) in [5, 5.41) is 3.13. The maximum absolute atomic E-state index is 5.89. The third-order valence-corrected chi connectivity index (χ3v) is 3.97. The van der Waals surface area contributed by atoms with Crippen molar-refractivity contribution in [3.05, 3.63) is 52.6 Å². The highest BCUT2D eigenvalue weighted by Gasteiger charge is 2.07. The summed E-state index contributed by atoms with van der Waals surface area (Å²) < 4.78 is 17.1. The Morgan fingerprint density at radius 2 is 1.58 bits per heavy atom. The zero-order valence-electron chi connectivity index (χ0n) is 15.2. The molecule has 0 unspecified atom stereocenters. The first-order chi connectivity index (χ1) is 11.5. The van der Waals surface area contributed by atoms with Crippen LogP contribution in [0.15, 0.2) is 30.3 Å². The molecule has 24 heavy (non-hydrogen) atoms. The lowest BCUT2D eigenvalue weighted by Crippen LogP contribution is -2.11. The van der Waals surface area contributed by atoms with Crippen LogP contribution in [0.1, 0.15) is 22.3 Å². The molecule has 0 aliphatic rings. The van der Waals surface area contributed by atoms with E-state index in [0.29, 0.717) is 13.2 Å². The summed E-state index contributed by atoms with van der Waals surface area (Å²) in [6, 6.07) is 10.2. The van der Waals surface area contributed by atoms with E-state index in [0.717, 1.165) is 29.4 Å². The standard InChI is InChI=1S/C20H27NO3/c1-14-10-15(2)16(3)19(11-14)23-8-9-24-20-12-17(13-21-4)6-7-18(20)22-5/h6-7,10-12,21H,8-9,13H2,1-5H3. The number of aryl methyl sites for hydroxylation is 2. The summed E-state index contributed by atoms with van der Waals surface area (Å²) in [7, 11) is 3.57. The molecule has 0 amide bonds. The Morgan fingerprint density at radius 3 is 2.25 bits per heavy atom. The van der Waals surface area contributed by atoms with E-state index in [1.165, 1.54) is 16.7 Å². The summed E-state index contributed by atoms with van der Waals surface area (Å²) in [6.07, 6.45) is 0. The van der Waals surface area contributed by atoms with E-state index < -0.39 is 0 Å². The Balaban J connectivity index is 1.96. The third-order valence-electron chi connectivity index (χ3n) is 3.97. The second kappa shape index (κ2) is 8.60. The van der Waals surface area contributed by atoms with Crippen molar-refractivity contribution in [3.8, 4) is 17.2 Å². The Hall–Kier alpha value is -2.20. The molecule has 2 rings (SSSR count). The van der Waals surface area contributed by atoms with Crippen molar-refractivity contribution < 1.29 is 14.2 Å². The molecule has 0 bridgehead atoms. The van der Waals surface area contributed by atoms with Gasteiger partial charge in [-0.3, -0.25) is 0 Å². The van der Waals surface area contributed by atoms with Gasteiger partial charge in [-0.15, -0.1) is 0 Å². The maximum atomic E-state index is 5.89. The SMILES string of the molecule is CNCc1ccc(OC)c(OCCOc2cc(C)cc(C)c2C)c1. The first-order valence-electron chi connectivity index (χ1n) is 8.20. The number of nitrogens with one attached hydrogen (secondary N) is 1. The lowest BCUT2D eigenvalue weighted by molar-refractivity contribution is 0.210. The molecule has 130 valence electrons. The molecule has 4 heteroatoms. The van der Waals surface area contributed by atoms with Gasteiger partial charge in [-0.25, -0.2) is 0 Å². The van der Waals surface area contributed by atoms with E-state index in [1.54, 1.807) is 7.11 Å². The van der Waals surface area contributed by atoms with Crippen LogP contribution in [-0.4, -0.2) is 27.4 Å². The molecule has 0 aromatic heterocycles. The van der Waals surface area contributed by atoms with Crippen LogP contribution in [0.25, 0.3) is 0 Å². The van der Waals surface area contributed by atoms with Crippen molar-refractivity contribution in [1.29, 1.82) is 0 Å². The monoisotopic (exact) mass is 329 g/mol. The van der Waals surface area contributed by atoms with Crippen LogP contribution >= 0.6 is 0 Å². The summed E-state index contributed by atoms with van der Waals surface area (Å²) in [5.41, 5.74) is 4.77. The van der Waals surface area contributed by atoms with E-state index in [2.05, 4.69) is 38.2 Å². The molecule has 2 aromatic carbocycles. The summed E-state index contributed by atoms with van der Waals surface area (Å²) in [6.45, 7) is 8.00. The van der Waals surface area contributed by atoms with Crippen LogP contribution in [0.3, 0.4) is 0 Å². The minimum Gasteiger partial charge on any atom is -0.493 e. The van der Waals surface area contributed by atoms with Gasteiger partial charge in [0.15, 0.2) is 11.5 Å². The normalized spacial score (nSPS) is 10.5. The van der Waals surface area contributed by atoms with Crippen molar-refractivity contribution in [2.45, 2.75) is 27.3 Å². The summed E-state index contributed by atoms with van der Waals surface area (Å²) in [4.78, 5) is 0. The van der Waals surface area contributed by atoms with Gasteiger partial charge in [-0.1, -0.05) is 12.1 Å². The Bertz CT molecular complexity index is 683. The molecule has 0 fully saturated rings. The molecule has 0 atom stereocenters. The van der Waals surface area contributed by atoms with Crippen molar-refractivity contribution in [1.82, 2.24) is 5.32 Å². The average Bonchev–Trinajstić information content (AvgIpc) is 2.56. The molecule has 0 saturated heterocycles. The minimum atomic E-state index is 0.464. The van der Waals surface area contributed by atoms with Crippen LogP contribution in [-0.2, 0) is 6.54 Å². The van der Waals surface area contributed by atoms with Gasteiger partial charge >= 0.3 is 0 Å². The predicted molar refractivity (Wildman–Crippen MR) is 97.4 cm³/mol. The van der Waals surface area contributed by atoms with E-state index >= 15 is 0 Å². The van der Waals surface area contributed by atoms with Crippen LogP contribution in [0.4, 0.5) is 0 Å². The fraction of sp³-hybridized carbons (Fsp3) is 0.400. The highest BCUT2D eigenvalue weighted by atomic mass is 16.5. The first kappa shape index (κ1) is 18.1. The van der Waals surface area contributed by atoms with Crippen LogP contribution in [0.2, 0.25) is 0 Å². The van der Waals surface area contributed by atoms with E-state index in [4.69, 9.17) is 14.2 Å². The molecule has 0 aliphatic carbocycles. The zero-order valence-corrected chi connectivity index (χ0v) is 15.2. The largest absolute Gasteiger partial charge is 0.493 e. The molecular weight excluding hydrogens is 302 g/mol. The van der Waals surface area contributed by atoms with Crippen molar-refractivity contribution >= 4 is 0 Å². The van der Waals surface area contributed by atoms with Gasteiger partial charge in [0.2, 0.25) is 0 Å². The second-order valence-corrected chi connectivity index (χ2v) is 5.92. The minimum absolute atomic E-state index is 0.464. The zero-order chi connectivity index (χ0) is 17.5. The molecule has 0 heterocycles. The number of ether oxygens (including phenoxy) is 3. The lowest BCUT2D eigenvalue weighted by Gasteiger charge is -2.15. The van der Waals surface area contributed by atoms with Crippen molar-refractivity contribution in [2.75, 3.05) is 27.4 Å². The highest BCUT2D eigenvalue weighted by molar-refractivity contribution is 5.43. The average molecular weight is 329 g/mol. The third kappa shape index (κ3) is 4.65. The van der Waals surface area contributed by atoms with Crippen molar-refractivity contribution in [2.24, 2.45) is 0 Å². The molecular formula is C20H27NO3. The number of methoxy groups -OCH3 is 1. The number of hydrogen-bond donors (Lipinski definition) is 1. The van der Waals surface area contributed by atoms with E-state index in [1.807, 2.05) is 25.2 Å². The number of rotatable bonds is 8.